The molecule has 0 aromatic heterocycles. The van der Waals surface area contributed by atoms with Gasteiger partial charge in [-0.15, -0.1) is 58.8 Å². The zero-order valence-corrected chi connectivity index (χ0v) is 49.3. The first-order valence-electron chi connectivity index (χ1n) is 26.0. The fourth-order valence-electron chi connectivity index (χ4n) is 9.59. The van der Waals surface area contributed by atoms with Gasteiger partial charge in [0.15, 0.2) is 12.1 Å². The Morgan fingerprint density at radius 1 is 0.622 bits per heavy atom. The molecule has 10 atom stereocenters. The fourth-order valence-corrected chi connectivity index (χ4v) is 17.7. The highest BCUT2D eigenvalue weighted by atomic mass is 32.2. The molecule has 8 rings (SSSR count). The molecule has 9 unspecified atom stereocenters. The van der Waals surface area contributed by atoms with Crippen molar-refractivity contribution in [2.75, 3.05) is 56.0 Å². The van der Waals surface area contributed by atoms with E-state index < -0.39 is 9.99 Å². The van der Waals surface area contributed by atoms with E-state index in [0.717, 1.165) is 35.9 Å². The fraction of sp³-hybridized carbons (Fsp3) is 0.483. The summed E-state index contributed by atoms with van der Waals surface area (Å²) in [6.45, 7) is 7.53. The largest absolute Gasteiger partial charge is 0.350 e. The molecule has 0 radical (unpaired) electrons. The summed E-state index contributed by atoms with van der Waals surface area (Å²) < 4.78 is 25.2. The second-order valence-corrected chi connectivity index (χ2v) is 28.1. The first-order chi connectivity index (χ1) is 36.0. The summed E-state index contributed by atoms with van der Waals surface area (Å²) in [6.07, 6.45) is 2.66. The lowest BCUT2D eigenvalue weighted by Gasteiger charge is -2.42. The smallest absolute Gasteiger partial charge is 0.193 e. The molecular formula is C58H76N4O4S8. The van der Waals surface area contributed by atoms with E-state index in [-0.39, 0.29) is 50.2 Å². The minimum absolute atomic E-state index is 0.00482. The normalized spacial score (nSPS) is 22.3. The van der Waals surface area contributed by atoms with Crippen LogP contribution in [0.5, 0.6) is 0 Å². The van der Waals surface area contributed by atoms with Crippen molar-refractivity contribution >= 4 is 96.7 Å². The van der Waals surface area contributed by atoms with Gasteiger partial charge in [-0.2, -0.15) is 37.9 Å². The molecule has 8 nitrogen and oxygen atoms in total. The average Bonchev–Trinajstić information content (AvgIpc) is 4.24. The molecule has 0 aliphatic carbocycles. The Morgan fingerprint density at radius 2 is 1.12 bits per heavy atom. The monoisotopic (exact) mass is 1150 g/mol. The maximum atomic E-state index is 7.38. The third-order valence-electron chi connectivity index (χ3n) is 13.5. The van der Waals surface area contributed by atoms with Crippen molar-refractivity contribution in [3.05, 3.63) is 179 Å². The summed E-state index contributed by atoms with van der Waals surface area (Å²) in [7, 11) is 0. The molecule has 0 amide bonds. The lowest BCUT2D eigenvalue weighted by Crippen LogP contribution is -2.61. The topological polar surface area (TPSA) is 99.0 Å². The van der Waals surface area contributed by atoms with Crippen molar-refractivity contribution in [3.63, 3.8) is 0 Å². The molecule has 0 spiro atoms. The van der Waals surface area contributed by atoms with Crippen LogP contribution < -0.4 is 21.7 Å². The van der Waals surface area contributed by atoms with Gasteiger partial charge in [-0.25, -0.2) is 0 Å². The Kier molecular flexibility index (Phi) is 24.0. The Balaban J connectivity index is 1.15. The van der Waals surface area contributed by atoms with Gasteiger partial charge in [0.25, 0.3) is 0 Å². The summed E-state index contributed by atoms with van der Waals surface area (Å²) >= 11 is 25.2. The van der Waals surface area contributed by atoms with Gasteiger partial charge in [-0.3, -0.25) is 10.6 Å². The average molecular weight is 1150 g/mol. The number of thiol groups is 3. The lowest BCUT2D eigenvalue weighted by molar-refractivity contribution is -0.179. The van der Waals surface area contributed by atoms with Crippen LogP contribution in [0.1, 0.15) is 81.9 Å². The van der Waals surface area contributed by atoms with Gasteiger partial charge in [0.2, 0.25) is 0 Å². The molecule has 0 saturated carbocycles. The standard InChI is InChI=1S/C58H76N4O4S8/c1-41(2)34-47(54(70-36-49(67)43-20-10-4-11-21-43)60-40-58(59)73-39-52(74-58)46-26-16-7-17-27-46)61-55(71-37-50(68)44-22-12-5-13-23-44)48(35-42-18-8-3-9-19-42)62-56(72-38-51(69)45-24-14-6-15-25-45)57(65-32-33-66-57)29-28-53-63-30-31-64-53/h3-27,41,47-56,60-62,67-69H,28-40,59H2,1-2H3/t47?,48?,49?,50?,51?,52?,54?,55?,56?,58-/m1/s1. The van der Waals surface area contributed by atoms with Gasteiger partial charge >= 0.3 is 0 Å². The van der Waals surface area contributed by atoms with E-state index in [1.807, 2.05) is 58.8 Å². The number of nitrogens with one attached hydrogen (secondary N) is 3. The van der Waals surface area contributed by atoms with Crippen molar-refractivity contribution in [1.29, 1.82) is 0 Å². The van der Waals surface area contributed by atoms with Gasteiger partial charge in [0.1, 0.15) is 9.58 Å². The Bertz CT molecular complexity index is 2330. The van der Waals surface area contributed by atoms with Crippen molar-refractivity contribution in [3.8, 4) is 0 Å². The van der Waals surface area contributed by atoms with Crippen LogP contribution in [0.4, 0.5) is 0 Å². The predicted octanol–water partition coefficient (Wildman–Crippen LogP) is 12.7. The zero-order chi connectivity index (χ0) is 51.6. The molecular weight excluding hydrogens is 1070 g/mol. The number of thioether (sulfide) groups is 5. The van der Waals surface area contributed by atoms with Crippen LogP contribution in [0.2, 0.25) is 0 Å². The van der Waals surface area contributed by atoms with E-state index in [2.05, 4.69) is 181 Å². The lowest BCUT2D eigenvalue weighted by atomic mass is 10.0. The number of ether oxygens (including phenoxy) is 4. The minimum atomic E-state index is -0.940. The molecule has 3 fully saturated rings. The van der Waals surface area contributed by atoms with Gasteiger partial charge in [0, 0.05) is 75.5 Å². The summed E-state index contributed by atoms with van der Waals surface area (Å²) in [6, 6.07) is 53.5. The highest BCUT2D eigenvalue weighted by molar-refractivity contribution is 8.21. The highest BCUT2D eigenvalue weighted by Gasteiger charge is 2.48. The number of nitrogens with two attached hydrogens (primary N) is 1. The molecule has 5 N–H and O–H groups in total. The number of rotatable bonds is 30. The second kappa shape index (κ2) is 30.2. The van der Waals surface area contributed by atoms with E-state index in [4.69, 9.17) is 62.6 Å². The van der Waals surface area contributed by atoms with Gasteiger partial charge in [-0.1, -0.05) is 166 Å². The number of hydrogen-bond acceptors (Lipinski definition) is 16. The highest BCUT2D eigenvalue weighted by Crippen LogP contribution is 2.52. The quantitative estimate of drug-likeness (QED) is 0.0176. The van der Waals surface area contributed by atoms with E-state index in [9.17, 15) is 0 Å². The Labute approximate surface area is 479 Å². The van der Waals surface area contributed by atoms with Gasteiger partial charge in [0.05, 0.1) is 37.2 Å². The van der Waals surface area contributed by atoms with Gasteiger partial charge in [-0.05, 0) is 46.6 Å². The molecule has 0 bridgehead atoms. The van der Waals surface area contributed by atoms with Crippen LogP contribution >= 0.6 is 96.7 Å². The molecule has 16 heteroatoms. The molecule has 3 aliphatic heterocycles. The van der Waals surface area contributed by atoms with Crippen LogP contribution in [0.25, 0.3) is 0 Å². The molecule has 3 aliphatic rings. The van der Waals surface area contributed by atoms with E-state index in [1.54, 1.807) is 0 Å². The molecule has 5 aromatic carbocycles. The van der Waals surface area contributed by atoms with E-state index in [1.165, 1.54) is 27.8 Å². The molecule has 5 aromatic rings. The maximum absolute atomic E-state index is 7.38. The molecule has 74 heavy (non-hydrogen) atoms. The number of hydrogen-bond donors (Lipinski definition) is 7. The summed E-state index contributed by atoms with van der Waals surface area (Å²) in [4.78, 5) is 0. The summed E-state index contributed by atoms with van der Waals surface area (Å²) in [5.74, 6) is 2.76. The van der Waals surface area contributed by atoms with E-state index >= 15 is 0 Å². The summed E-state index contributed by atoms with van der Waals surface area (Å²) in [5.41, 5.74) is 13.6. The van der Waals surface area contributed by atoms with Gasteiger partial charge < -0.3 is 30.0 Å². The molecule has 3 heterocycles. The van der Waals surface area contributed by atoms with Crippen LogP contribution in [0.15, 0.2) is 152 Å². The molecule has 400 valence electrons. The predicted molar refractivity (Wildman–Crippen MR) is 330 cm³/mol. The first kappa shape index (κ1) is 58.7. The van der Waals surface area contributed by atoms with Crippen LogP contribution in [-0.2, 0) is 25.4 Å². The Hall–Kier alpha value is -1.42. The van der Waals surface area contributed by atoms with Crippen LogP contribution in [0.3, 0.4) is 0 Å². The van der Waals surface area contributed by atoms with Crippen molar-refractivity contribution in [1.82, 2.24) is 16.0 Å². The van der Waals surface area contributed by atoms with E-state index in [0.29, 0.717) is 57.0 Å². The molecule has 3 saturated heterocycles. The Morgan fingerprint density at radius 3 is 1.66 bits per heavy atom. The maximum Gasteiger partial charge on any atom is 0.193 e. The second-order valence-electron chi connectivity index (χ2n) is 19.6. The van der Waals surface area contributed by atoms with Crippen LogP contribution in [-0.4, -0.2) is 100 Å². The SMILES string of the molecule is CC(C)CC(NC(SCC(S)c1ccccc1)C(Cc1ccccc1)NC(SCC(S)c1ccccc1)C1(CCC2OCCO2)OCCO1)C(NC[C@@]1(N)SCC(c2ccccc2)S1)SCC(S)c1ccccc1. The van der Waals surface area contributed by atoms with Crippen molar-refractivity contribution < 1.29 is 18.9 Å². The van der Waals surface area contributed by atoms with Crippen LogP contribution in [0, 0.1) is 5.92 Å². The minimum Gasteiger partial charge on any atom is -0.350 e. The van der Waals surface area contributed by atoms with Crippen molar-refractivity contribution in [2.45, 2.75) is 105 Å². The first-order valence-corrected chi connectivity index (χ1v) is 32.6. The number of benzene rings is 5. The third-order valence-corrected chi connectivity index (χ3v) is 23.0. The van der Waals surface area contributed by atoms with Crippen molar-refractivity contribution in [2.24, 2.45) is 11.7 Å². The zero-order valence-electron chi connectivity index (χ0n) is 42.6. The summed E-state index contributed by atoms with van der Waals surface area (Å²) in [5, 5.41) is 12.9. The third kappa shape index (κ3) is 17.8.